The highest BCUT2D eigenvalue weighted by Crippen LogP contribution is 2.39. The van der Waals surface area contributed by atoms with Crippen LogP contribution >= 0.6 is 34.8 Å². The van der Waals surface area contributed by atoms with Gasteiger partial charge in [0.05, 0.1) is 10.0 Å². The molecule has 1 N–H and O–H groups in total. The highest BCUT2D eigenvalue weighted by molar-refractivity contribution is 6.41. The van der Waals surface area contributed by atoms with E-state index in [1.807, 2.05) is 0 Å². The average Bonchev–Trinajstić information content (AvgIpc) is 2.47. The second-order valence-electron chi connectivity index (χ2n) is 4.45. The summed E-state index contributed by atoms with van der Waals surface area (Å²) in [4.78, 5) is 11.8. The number of halogens is 4. The first-order valence-corrected chi connectivity index (χ1v) is 7.34. The fourth-order valence-corrected chi connectivity index (χ4v) is 2.54. The third-order valence-electron chi connectivity index (χ3n) is 2.83. The number of amides is 1. The summed E-state index contributed by atoms with van der Waals surface area (Å²) in [5.74, 6) is -0.615. The van der Waals surface area contributed by atoms with Gasteiger partial charge < -0.3 is 10.1 Å². The first kappa shape index (κ1) is 16.9. The highest BCUT2D eigenvalue weighted by atomic mass is 35.5. The van der Waals surface area contributed by atoms with Gasteiger partial charge in [0.2, 0.25) is 0 Å². The maximum Gasteiger partial charge on any atom is 0.262 e. The molecule has 0 unspecified atom stereocenters. The molecule has 0 radical (unpaired) electrons. The Morgan fingerprint density at radius 2 is 1.82 bits per heavy atom. The van der Waals surface area contributed by atoms with E-state index in [1.165, 1.54) is 30.3 Å². The van der Waals surface area contributed by atoms with Crippen LogP contribution in [-0.4, -0.2) is 12.5 Å². The molecular weight excluding hydrogens is 352 g/mol. The number of nitrogens with one attached hydrogen (secondary N) is 1. The molecule has 0 saturated carbocycles. The van der Waals surface area contributed by atoms with Crippen LogP contribution in [0.3, 0.4) is 0 Å². The van der Waals surface area contributed by atoms with Gasteiger partial charge in [-0.05, 0) is 42.8 Å². The lowest BCUT2D eigenvalue weighted by Gasteiger charge is -2.12. The molecule has 2 aromatic rings. The molecule has 0 aliphatic carbocycles. The van der Waals surface area contributed by atoms with Crippen LogP contribution in [-0.2, 0) is 4.79 Å². The predicted molar refractivity (Wildman–Crippen MR) is 86.7 cm³/mol. The first-order valence-electron chi connectivity index (χ1n) is 6.21. The minimum atomic E-state index is -0.425. The van der Waals surface area contributed by atoms with E-state index < -0.39 is 5.91 Å². The van der Waals surface area contributed by atoms with Crippen LogP contribution in [0.1, 0.15) is 5.56 Å². The van der Waals surface area contributed by atoms with Crippen molar-refractivity contribution in [2.75, 3.05) is 11.9 Å². The van der Waals surface area contributed by atoms with Gasteiger partial charge in [0, 0.05) is 10.7 Å². The number of rotatable bonds is 4. The minimum absolute atomic E-state index is 0.194. The summed E-state index contributed by atoms with van der Waals surface area (Å²) in [6.07, 6.45) is 0. The van der Waals surface area contributed by atoms with E-state index in [1.54, 1.807) is 6.92 Å². The topological polar surface area (TPSA) is 38.3 Å². The molecule has 1 amide bonds. The Balaban J connectivity index is 2.02. The number of hydrogen-bond donors (Lipinski definition) is 1. The Morgan fingerprint density at radius 3 is 2.45 bits per heavy atom. The van der Waals surface area contributed by atoms with Gasteiger partial charge in [-0.2, -0.15) is 0 Å². The standard InChI is InChI=1S/C15H11Cl3FNO2/c1-8-11(16)6-12(17)15(14(8)18)22-7-13(21)20-10-4-2-9(19)3-5-10/h2-6H,7H2,1H3,(H,20,21). The Labute approximate surface area is 141 Å². The lowest BCUT2D eigenvalue weighted by atomic mass is 10.2. The summed E-state index contributed by atoms with van der Waals surface area (Å²) in [6.45, 7) is 1.42. The lowest BCUT2D eigenvalue weighted by Crippen LogP contribution is -2.20. The molecule has 0 heterocycles. The zero-order valence-corrected chi connectivity index (χ0v) is 13.7. The van der Waals surface area contributed by atoms with Gasteiger partial charge in [0.15, 0.2) is 12.4 Å². The van der Waals surface area contributed by atoms with E-state index in [2.05, 4.69) is 5.32 Å². The van der Waals surface area contributed by atoms with Crippen molar-refractivity contribution < 1.29 is 13.9 Å². The van der Waals surface area contributed by atoms with Gasteiger partial charge >= 0.3 is 0 Å². The lowest BCUT2D eigenvalue weighted by molar-refractivity contribution is -0.118. The Bertz CT molecular complexity index is 705. The zero-order valence-electron chi connectivity index (χ0n) is 11.4. The molecule has 0 aliphatic rings. The number of anilines is 1. The van der Waals surface area contributed by atoms with Crippen LogP contribution in [0.5, 0.6) is 5.75 Å². The van der Waals surface area contributed by atoms with Crippen molar-refractivity contribution in [3.05, 3.63) is 56.8 Å². The monoisotopic (exact) mass is 361 g/mol. The van der Waals surface area contributed by atoms with E-state index in [4.69, 9.17) is 39.5 Å². The van der Waals surface area contributed by atoms with Crippen molar-refractivity contribution >= 4 is 46.4 Å². The minimum Gasteiger partial charge on any atom is -0.481 e. The van der Waals surface area contributed by atoms with Gasteiger partial charge in [-0.3, -0.25) is 4.79 Å². The van der Waals surface area contributed by atoms with Crippen molar-refractivity contribution in [2.24, 2.45) is 0 Å². The molecule has 0 saturated heterocycles. The number of carbonyl (C=O) groups is 1. The van der Waals surface area contributed by atoms with Crippen LogP contribution in [0.25, 0.3) is 0 Å². The molecular formula is C15H11Cl3FNO2. The molecule has 0 spiro atoms. The third kappa shape index (κ3) is 4.03. The summed E-state index contributed by atoms with van der Waals surface area (Å²) in [5.41, 5.74) is 1.07. The molecule has 2 rings (SSSR count). The smallest absolute Gasteiger partial charge is 0.262 e. The summed E-state index contributed by atoms with van der Waals surface area (Å²) in [5, 5.41) is 3.45. The number of ether oxygens (including phenoxy) is 1. The molecule has 116 valence electrons. The van der Waals surface area contributed by atoms with E-state index in [-0.39, 0.29) is 28.2 Å². The highest BCUT2D eigenvalue weighted by Gasteiger charge is 2.15. The first-order chi connectivity index (χ1) is 10.4. The second kappa shape index (κ2) is 7.18. The maximum absolute atomic E-state index is 12.8. The van der Waals surface area contributed by atoms with Crippen LogP contribution in [0.15, 0.2) is 30.3 Å². The summed E-state index contributed by atoms with van der Waals surface area (Å²) in [7, 11) is 0. The molecule has 0 fully saturated rings. The Kier molecular flexibility index (Phi) is 5.51. The van der Waals surface area contributed by atoms with Crippen molar-refractivity contribution in [3.8, 4) is 5.75 Å². The molecule has 0 bridgehead atoms. The number of benzene rings is 2. The summed E-state index contributed by atoms with van der Waals surface area (Å²) < 4.78 is 18.1. The number of carbonyl (C=O) groups excluding carboxylic acids is 1. The van der Waals surface area contributed by atoms with Crippen molar-refractivity contribution in [1.82, 2.24) is 0 Å². The summed E-state index contributed by atoms with van der Waals surface area (Å²) >= 11 is 18.0. The van der Waals surface area contributed by atoms with Crippen LogP contribution < -0.4 is 10.1 Å². The van der Waals surface area contributed by atoms with Crippen LogP contribution in [0.2, 0.25) is 15.1 Å². The molecule has 0 atom stereocenters. The molecule has 22 heavy (non-hydrogen) atoms. The van der Waals surface area contributed by atoms with Crippen LogP contribution in [0, 0.1) is 12.7 Å². The van der Waals surface area contributed by atoms with E-state index in [9.17, 15) is 9.18 Å². The van der Waals surface area contributed by atoms with Gasteiger partial charge in [-0.15, -0.1) is 0 Å². The average molecular weight is 363 g/mol. The normalized spacial score (nSPS) is 10.4. The maximum atomic E-state index is 12.8. The van der Waals surface area contributed by atoms with Gasteiger partial charge in [0.25, 0.3) is 5.91 Å². The fourth-order valence-electron chi connectivity index (χ4n) is 1.67. The SMILES string of the molecule is Cc1c(Cl)cc(Cl)c(OCC(=O)Nc2ccc(F)cc2)c1Cl. The fraction of sp³-hybridized carbons (Fsp3) is 0.133. The molecule has 0 aromatic heterocycles. The van der Waals surface area contributed by atoms with Crippen molar-refractivity contribution in [3.63, 3.8) is 0 Å². The van der Waals surface area contributed by atoms with E-state index in [0.717, 1.165) is 0 Å². The molecule has 2 aromatic carbocycles. The van der Waals surface area contributed by atoms with E-state index >= 15 is 0 Å². The number of hydrogen-bond acceptors (Lipinski definition) is 2. The predicted octanol–water partition coefficient (Wildman–Crippen LogP) is 5.11. The van der Waals surface area contributed by atoms with Gasteiger partial charge in [-0.1, -0.05) is 34.8 Å². The summed E-state index contributed by atoms with van der Waals surface area (Å²) in [6, 6.07) is 6.87. The third-order valence-corrected chi connectivity index (χ3v) is 3.96. The zero-order chi connectivity index (χ0) is 16.3. The molecule has 0 aliphatic heterocycles. The Morgan fingerprint density at radius 1 is 1.18 bits per heavy atom. The van der Waals surface area contributed by atoms with Crippen LogP contribution in [0.4, 0.5) is 10.1 Å². The van der Waals surface area contributed by atoms with Crippen molar-refractivity contribution in [1.29, 1.82) is 0 Å². The Hall–Kier alpha value is -1.49. The van der Waals surface area contributed by atoms with Gasteiger partial charge in [0.1, 0.15) is 5.82 Å². The van der Waals surface area contributed by atoms with E-state index in [0.29, 0.717) is 16.3 Å². The van der Waals surface area contributed by atoms with Gasteiger partial charge in [-0.25, -0.2) is 4.39 Å². The second-order valence-corrected chi connectivity index (χ2v) is 5.64. The molecule has 3 nitrogen and oxygen atoms in total. The van der Waals surface area contributed by atoms with Crippen molar-refractivity contribution in [2.45, 2.75) is 6.92 Å². The molecule has 7 heteroatoms. The quantitative estimate of drug-likeness (QED) is 0.820. The largest absolute Gasteiger partial charge is 0.481 e.